The van der Waals surface area contributed by atoms with Crippen molar-refractivity contribution in [2.45, 2.75) is 78.8 Å². The van der Waals surface area contributed by atoms with E-state index in [4.69, 9.17) is 5.84 Å². The third-order valence-corrected chi connectivity index (χ3v) is 7.35. The lowest BCUT2D eigenvalue weighted by Crippen LogP contribution is -2.47. The predicted molar refractivity (Wildman–Crippen MR) is 141 cm³/mol. The molecule has 0 aromatic carbocycles. The second kappa shape index (κ2) is 12.4. The Hall–Kier alpha value is -3.12. The molecule has 12 heteroatoms. The van der Waals surface area contributed by atoms with Gasteiger partial charge in [0, 0.05) is 18.0 Å². The normalized spacial score (nSPS) is 14.7. The fraction of sp³-hybridized carbons (Fsp3) is 0.600. The molecule has 0 saturated heterocycles. The van der Waals surface area contributed by atoms with Crippen molar-refractivity contribution in [2.24, 2.45) is 17.7 Å². The van der Waals surface area contributed by atoms with Gasteiger partial charge in [0.1, 0.15) is 24.0 Å². The number of carbonyl (C=O) groups excluding carboxylic acids is 4. The average molecular weight is 532 g/mol. The predicted octanol–water partition coefficient (Wildman–Crippen LogP) is 3.38. The highest BCUT2D eigenvalue weighted by molar-refractivity contribution is 7.14. The van der Waals surface area contributed by atoms with Gasteiger partial charge in [0.2, 0.25) is 0 Å². The maximum atomic E-state index is 13.8. The first-order chi connectivity index (χ1) is 17.6. The maximum absolute atomic E-state index is 13.8. The highest BCUT2D eigenvalue weighted by Gasteiger charge is 2.36. The summed E-state index contributed by atoms with van der Waals surface area (Å²) in [4.78, 5) is 63.5. The van der Waals surface area contributed by atoms with Gasteiger partial charge in [0.15, 0.2) is 5.13 Å². The van der Waals surface area contributed by atoms with Gasteiger partial charge in [-0.25, -0.2) is 20.6 Å². The highest BCUT2D eigenvalue weighted by atomic mass is 32.1. The quantitative estimate of drug-likeness (QED) is 0.156. The molecule has 1 saturated carbocycles. The summed E-state index contributed by atoms with van der Waals surface area (Å²) >= 11 is 1.37. The van der Waals surface area contributed by atoms with E-state index in [1.54, 1.807) is 5.38 Å². The van der Waals surface area contributed by atoms with Crippen LogP contribution in [0.2, 0.25) is 0 Å². The summed E-state index contributed by atoms with van der Waals surface area (Å²) in [7, 11) is 0. The molecule has 2 aromatic rings. The Morgan fingerprint density at radius 1 is 1.19 bits per heavy atom. The molecule has 1 aliphatic rings. The molecule has 202 valence electrons. The number of nitrogens with zero attached hydrogens (tertiary/aromatic N) is 5. The number of imide groups is 1. The molecular weight excluding hydrogens is 494 g/mol. The molecule has 0 radical (unpaired) electrons. The number of rotatable bonds is 10. The summed E-state index contributed by atoms with van der Waals surface area (Å²) in [6.45, 7) is 10.4. The number of anilines is 1. The van der Waals surface area contributed by atoms with E-state index in [1.165, 1.54) is 31.1 Å². The fourth-order valence-electron chi connectivity index (χ4n) is 4.72. The first-order valence-corrected chi connectivity index (χ1v) is 13.6. The molecule has 3 amide bonds. The van der Waals surface area contributed by atoms with Crippen LogP contribution in [-0.4, -0.2) is 62.2 Å². The second-order valence-electron chi connectivity index (χ2n) is 10.3. The summed E-state index contributed by atoms with van der Waals surface area (Å²) in [6, 6.07) is -1.32. The zero-order valence-corrected chi connectivity index (χ0v) is 23.0. The molecule has 0 aliphatic heterocycles. The molecule has 2 heterocycles. The van der Waals surface area contributed by atoms with Gasteiger partial charge in [0.05, 0.1) is 11.7 Å². The van der Waals surface area contributed by atoms with Gasteiger partial charge in [-0.1, -0.05) is 40.5 Å². The molecule has 37 heavy (non-hydrogen) atoms. The van der Waals surface area contributed by atoms with Crippen LogP contribution in [0.4, 0.5) is 9.93 Å². The number of imidazole rings is 1. The number of hydrogen-bond acceptors (Lipinski definition) is 9. The van der Waals surface area contributed by atoms with Crippen LogP contribution in [0.25, 0.3) is 0 Å². The van der Waals surface area contributed by atoms with Crippen molar-refractivity contribution in [3.8, 4) is 0 Å². The third kappa shape index (κ3) is 6.42. The van der Waals surface area contributed by atoms with Gasteiger partial charge in [-0.3, -0.25) is 24.5 Å². The zero-order chi connectivity index (χ0) is 27.3. The van der Waals surface area contributed by atoms with Gasteiger partial charge >= 0.3 is 6.03 Å². The van der Waals surface area contributed by atoms with E-state index in [2.05, 4.69) is 28.7 Å². The molecule has 1 fully saturated rings. The minimum Gasteiger partial charge on any atom is -0.345 e. The van der Waals surface area contributed by atoms with Crippen molar-refractivity contribution in [3.05, 3.63) is 28.8 Å². The van der Waals surface area contributed by atoms with Crippen LogP contribution in [0.15, 0.2) is 11.7 Å². The van der Waals surface area contributed by atoms with Crippen LogP contribution in [0, 0.1) is 18.8 Å². The van der Waals surface area contributed by atoms with Crippen LogP contribution >= 0.6 is 11.3 Å². The summed E-state index contributed by atoms with van der Waals surface area (Å²) in [6.07, 6.45) is 6.54. The molecule has 1 atom stereocenters. The molecule has 11 nitrogen and oxygen atoms in total. The Morgan fingerprint density at radius 2 is 1.86 bits per heavy atom. The number of thiazole rings is 1. The monoisotopic (exact) mass is 531 g/mol. The highest BCUT2D eigenvalue weighted by Crippen LogP contribution is 2.32. The maximum Gasteiger partial charge on any atom is 0.341 e. The van der Waals surface area contributed by atoms with Crippen molar-refractivity contribution < 1.29 is 19.2 Å². The fourth-order valence-corrected chi connectivity index (χ4v) is 5.60. The standard InChI is InChI=1S/C25H37N7O4S/c1-15(2)10-19(12-33)32(23(35)21-17(5)31(14-27-21)24(36)29-26)22(34)20-13-37-25(28-20)30(11-16(3)4)18-8-6-7-9-18/h12-16,18-19H,6-11,26H2,1-5H3,(H,29,36)/t19-/m0/s1. The summed E-state index contributed by atoms with van der Waals surface area (Å²) in [5, 5.41) is 2.38. The van der Waals surface area contributed by atoms with Gasteiger partial charge in [-0.05, 0) is 38.0 Å². The van der Waals surface area contributed by atoms with Crippen molar-refractivity contribution in [3.63, 3.8) is 0 Å². The number of carbonyl (C=O) groups is 4. The SMILES string of the molecule is Cc1c(C(=O)N(C(=O)c2csc(N(CC(C)C)C3CCCC3)n2)[C@H](C=O)CC(C)C)ncn1C(=O)NN. The largest absolute Gasteiger partial charge is 0.345 e. The number of nitrogens with two attached hydrogens (primary N) is 1. The second-order valence-corrected chi connectivity index (χ2v) is 11.1. The van der Waals surface area contributed by atoms with Crippen molar-refractivity contribution in [2.75, 3.05) is 11.4 Å². The van der Waals surface area contributed by atoms with Crippen molar-refractivity contribution in [1.82, 2.24) is 24.9 Å². The average Bonchev–Trinajstić information content (AvgIpc) is 3.62. The van der Waals surface area contributed by atoms with E-state index in [9.17, 15) is 19.2 Å². The number of nitrogen functional groups attached to an aromatic ring is 1. The number of aromatic nitrogens is 3. The number of hydrogen-bond donors (Lipinski definition) is 2. The van der Waals surface area contributed by atoms with Gasteiger partial charge in [-0.15, -0.1) is 11.3 Å². The Balaban J connectivity index is 1.98. The zero-order valence-electron chi connectivity index (χ0n) is 22.1. The number of aldehydes is 1. The summed E-state index contributed by atoms with van der Waals surface area (Å²) < 4.78 is 1.07. The van der Waals surface area contributed by atoms with Crippen LogP contribution < -0.4 is 16.2 Å². The van der Waals surface area contributed by atoms with Crippen molar-refractivity contribution >= 4 is 40.6 Å². The first kappa shape index (κ1) is 28.5. The molecule has 0 spiro atoms. The lowest BCUT2D eigenvalue weighted by molar-refractivity contribution is -0.111. The van der Waals surface area contributed by atoms with Gasteiger partial charge in [0.25, 0.3) is 11.8 Å². The Bertz CT molecular complexity index is 1120. The minimum absolute atomic E-state index is 0.0369. The Labute approximate surface area is 221 Å². The molecule has 0 bridgehead atoms. The Kier molecular flexibility index (Phi) is 9.55. The lowest BCUT2D eigenvalue weighted by atomic mass is 10.0. The molecule has 2 aromatic heterocycles. The number of hydrazine groups is 1. The van der Waals surface area contributed by atoms with E-state index in [0.29, 0.717) is 18.2 Å². The number of amides is 3. The van der Waals surface area contributed by atoms with Crippen molar-refractivity contribution in [1.29, 1.82) is 0 Å². The molecular formula is C25H37N7O4S. The molecule has 1 aliphatic carbocycles. The smallest absolute Gasteiger partial charge is 0.341 e. The topological polar surface area (TPSA) is 144 Å². The van der Waals surface area contributed by atoms with Crippen LogP contribution in [0.3, 0.4) is 0 Å². The van der Waals surface area contributed by atoms with E-state index in [1.807, 2.05) is 19.3 Å². The van der Waals surface area contributed by atoms with Crippen LogP contribution in [0.1, 0.15) is 86.5 Å². The van der Waals surface area contributed by atoms with E-state index < -0.39 is 23.9 Å². The number of nitrogens with one attached hydrogen (secondary N) is 1. The Morgan fingerprint density at radius 3 is 2.43 bits per heavy atom. The molecule has 0 unspecified atom stereocenters. The van der Waals surface area contributed by atoms with Crippen LogP contribution in [0.5, 0.6) is 0 Å². The third-order valence-electron chi connectivity index (χ3n) is 6.47. The molecule has 3 rings (SSSR count). The summed E-state index contributed by atoms with van der Waals surface area (Å²) in [5.74, 6) is 4.23. The lowest BCUT2D eigenvalue weighted by Gasteiger charge is -2.30. The first-order valence-electron chi connectivity index (χ1n) is 12.7. The van der Waals surface area contributed by atoms with E-state index >= 15 is 0 Å². The molecule has 3 N–H and O–H groups in total. The van der Waals surface area contributed by atoms with E-state index in [-0.39, 0.29) is 29.4 Å². The summed E-state index contributed by atoms with van der Waals surface area (Å²) in [5.41, 5.74) is 2.17. The van der Waals surface area contributed by atoms with Gasteiger partial charge < -0.3 is 9.69 Å². The van der Waals surface area contributed by atoms with Gasteiger partial charge in [-0.2, -0.15) is 0 Å². The minimum atomic E-state index is -1.01. The van der Waals surface area contributed by atoms with Crippen LogP contribution in [-0.2, 0) is 4.79 Å². The van der Waals surface area contributed by atoms with E-state index in [0.717, 1.165) is 40.3 Å².